The fraction of sp³-hybridized carbons (Fsp3) is 0.360. The van der Waals surface area contributed by atoms with Gasteiger partial charge in [0, 0.05) is 31.9 Å². The Kier molecular flexibility index (Phi) is 6.80. The first kappa shape index (κ1) is 22.1. The molecule has 0 radical (unpaired) electrons. The SMILES string of the molecule is Cc1ccccc1N1CCN(CN2C(=O)/C(=C\c3ccc(C(C)C)cc3)SC2=S)CC1. The van der Waals surface area contributed by atoms with Crippen LogP contribution < -0.4 is 4.90 Å². The minimum absolute atomic E-state index is 0.0178. The van der Waals surface area contributed by atoms with Gasteiger partial charge >= 0.3 is 0 Å². The van der Waals surface area contributed by atoms with Crippen molar-refractivity contribution in [1.82, 2.24) is 9.80 Å². The molecule has 31 heavy (non-hydrogen) atoms. The zero-order valence-electron chi connectivity index (χ0n) is 18.4. The van der Waals surface area contributed by atoms with Crippen LogP contribution in [0.25, 0.3) is 6.08 Å². The van der Waals surface area contributed by atoms with E-state index in [2.05, 4.69) is 79.1 Å². The Morgan fingerprint density at radius 3 is 2.35 bits per heavy atom. The molecular weight excluding hydrogens is 422 g/mol. The third kappa shape index (κ3) is 5.03. The summed E-state index contributed by atoms with van der Waals surface area (Å²) < 4.78 is 0.649. The standard InChI is InChI=1S/C25H29N3OS2/c1-18(2)21-10-8-20(9-11-21)16-23-24(29)28(25(30)31-23)17-26-12-14-27(15-13-26)22-7-5-4-6-19(22)3/h4-11,16,18H,12-15,17H2,1-3H3/b23-16+. The lowest BCUT2D eigenvalue weighted by molar-refractivity contribution is -0.123. The number of rotatable bonds is 5. The highest BCUT2D eigenvalue weighted by Crippen LogP contribution is 2.33. The second kappa shape index (κ2) is 9.55. The van der Waals surface area contributed by atoms with Gasteiger partial charge in [-0.15, -0.1) is 0 Å². The second-order valence-electron chi connectivity index (χ2n) is 8.46. The molecule has 6 heteroatoms. The Bertz CT molecular complexity index is 992. The average molecular weight is 452 g/mol. The van der Waals surface area contributed by atoms with E-state index in [1.54, 1.807) is 4.90 Å². The summed E-state index contributed by atoms with van der Waals surface area (Å²) in [6.07, 6.45) is 1.96. The molecule has 0 spiro atoms. The lowest BCUT2D eigenvalue weighted by atomic mass is 10.0. The fourth-order valence-electron chi connectivity index (χ4n) is 4.00. The number of thiocarbonyl (C=S) groups is 1. The quantitative estimate of drug-likeness (QED) is 0.466. The van der Waals surface area contributed by atoms with Gasteiger partial charge in [-0.1, -0.05) is 80.3 Å². The number of thioether (sulfide) groups is 1. The first-order chi connectivity index (χ1) is 14.9. The van der Waals surface area contributed by atoms with Gasteiger partial charge < -0.3 is 4.90 Å². The Labute approximate surface area is 194 Å². The lowest BCUT2D eigenvalue weighted by Crippen LogP contribution is -2.51. The van der Waals surface area contributed by atoms with Crippen molar-refractivity contribution in [2.75, 3.05) is 37.7 Å². The van der Waals surface area contributed by atoms with Crippen molar-refractivity contribution in [2.45, 2.75) is 26.7 Å². The predicted octanol–water partition coefficient (Wildman–Crippen LogP) is 5.10. The summed E-state index contributed by atoms with van der Waals surface area (Å²) in [6.45, 7) is 10.8. The van der Waals surface area contributed by atoms with E-state index in [1.165, 1.54) is 28.6 Å². The molecule has 0 saturated carbocycles. The number of aryl methyl sites for hydroxylation is 1. The van der Waals surface area contributed by atoms with Crippen LogP contribution in [0.1, 0.15) is 36.5 Å². The summed E-state index contributed by atoms with van der Waals surface area (Å²) in [5, 5.41) is 0. The molecule has 2 aliphatic rings. The maximum Gasteiger partial charge on any atom is 0.267 e. The molecule has 4 nitrogen and oxygen atoms in total. The van der Waals surface area contributed by atoms with Crippen LogP contribution in [0.2, 0.25) is 0 Å². The van der Waals surface area contributed by atoms with Crippen molar-refractivity contribution in [3.05, 3.63) is 70.1 Å². The summed E-state index contributed by atoms with van der Waals surface area (Å²) in [5.74, 6) is 0.516. The van der Waals surface area contributed by atoms with Crippen molar-refractivity contribution in [1.29, 1.82) is 0 Å². The number of benzene rings is 2. The monoisotopic (exact) mass is 451 g/mol. The van der Waals surface area contributed by atoms with E-state index < -0.39 is 0 Å². The maximum absolute atomic E-state index is 13.0. The van der Waals surface area contributed by atoms with Crippen LogP contribution in [-0.4, -0.2) is 52.9 Å². The van der Waals surface area contributed by atoms with Crippen LogP contribution in [0, 0.1) is 6.92 Å². The molecule has 2 saturated heterocycles. The molecule has 0 aliphatic carbocycles. The van der Waals surface area contributed by atoms with Crippen LogP contribution in [-0.2, 0) is 4.79 Å². The highest BCUT2D eigenvalue weighted by Gasteiger charge is 2.33. The number of carbonyl (C=O) groups is 1. The van der Waals surface area contributed by atoms with Gasteiger partial charge in [0.15, 0.2) is 0 Å². The summed E-state index contributed by atoms with van der Waals surface area (Å²) >= 11 is 6.95. The van der Waals surface area contributed by atoms with Crippen molar-refractivity contribution < 1.29 is 4.79 Å². The summed E-state index contributed by atoms with van der Waals surface area (Å²) in [5.41, 5.74) is 4.95. The second-order valence-corrected chi connectivity index (χ2v) is 10.1. The van der Waals surface area contributed by atoms with E-state index in [0.717, 1.165) is 31.7 Å². The minimum atomic E-state index is 0.0178. The Balaban J connectivity index is 1.37. The molecule has 0 unspecified atom stereocenters. The number of carbonyl (C=O) groups excluding carboxylic acids is 1. The van der Waals surface area contributed by atoms with Gasteiger partial charge in [-0.2, -0.15) is 0 Å². The number of hydrogen-bond acceptors (Lipinski definition) is 5. The molecule has 2 heterocycles. The van der Waals surface area contributed by atoms with E-state index in [0.29, 0.717) is 21.8 Å². The normalized spacial score (nSPS) is 19.2. The van der Waals surface area contributed by atoms with Crippen LogP contribution in [0.5, 0.6) is 0 Å². The number of amides is 1. The van der Waals surface area contributed by atoms with E-state index in [1.807, 2.05) is 6.08 Å². The smallest absolute Gasteiger partial charge is 0.267 e. The summed E-state index contributed by atoms with van der Waals surface area (Å²) in [4.78, 5) is 20.2. The largest absolute Gasteiger partial charge is 0.369 e. The molecular formula is C25H29N3OS2. The maximum atomic E-state index is 13.0. The Hall–Kier alpha value is -2.15. The van der Waals surface area contributed by atoms with E-state index in [4.69, 9.17) is 12.2 Å². The molecule has 0 atom stereocenters. The van der Waals surface area contributed by atoms with Gasteiger partial charge in [0.05, 0.1) is 11.6 Å². The zero-order valence-corrected chi connectivity index (χ0v) is 20.0. The average Bonchev–Trinajstić information content (AvgIpc) is 3.02. The van der Waals surface area contributed by atoms with Crippen LogP contribution in [0.3, 0.4) is 0 Å². The Morgan fingerprint density at radius 2 is 1.71 bits per heavy atom. The van der Waals surface area contributed by atoms with Gasteiger partial charge in [-0.3, -0.25) is 14.6 Å². The van der Waals surface area contributed by atoms with E-state index in [9.17, 15) is 4.79 Å². The number of nitrogens with zero attached hydrogens (tertiary/aromatic N) is 3. The first-order valence-electron chi connectivity index (χ1n) is 10.8. The van der Waals surface area contributed by atoms with Crippen molar-refractivity contribution in [2.24, 2.45) is 0 Å². The predicted molar refractivity (Wildman–Crippen MR) is 135 cm³/mol. The van der Waals surface area contributed by atoms with Crippen molar-refractivity contribution in [3.63, 3.8) is 0 Å². The van der Waals surface area contributed by atoms with Crippen molar-refractivity contribution >= 4 is 46.0 Å². The lowest BCUT2D eigenvalue weighted by Gasteiger charge is -2.38. The molecule has 2 aromatic carbocycles. The Morgan fingerprint density at radius 1 is 1.03 bits per heavy atom. The van der Waals surface area contributed by atoms with Gasteiger partial charge in [-0.25, -0.2) is 0 Å². The van der Waals surface area contributed by atoms with E-state index >= 15 is 0 Å². The molecule has 2 aliphatic heterocycles. The number of para-hydroxylation sites is 1. The molecule has 4 rings (SSSR count). The fourth-order valence-corrected chi connectivity index (χ4v) is 5.24. The summed E-state index contributed by atoms with van der Waals surface area (Å²) in [7, 11) is 0. The molecule has 162 valence electrons. The third-order valence-electron chi connectivity index (χ3n) is 5.94. The topological polar surface area (TPSA) is 26.8 Å². The molecule has 0 bridgehead atoms. The minimum Gasteiger partial charge on any atom is -0.369 e. The molecule has 0 N–H and O–H groups in total. The number of anilines is 1. The van der Waals surface area contributed by atoms with Gasteiger partial charge in [0.1, 0.15) is 4.32 Å². The van der Waals surface area contributed by atoms with Crippen LogP contribution >= 0.6 is 24.0 Å². The molecule has 1 amide bonds. The molecule has 0 aromatic heterocycles. The number of piperazine rings is 1. The van der Waals surface area contributed by atoms with Gasteiger partial charge in [0.2, 0.25) is 0 Å². The van der Waals surface area contributed by atoms with Crippen LogP contribution in [0.15, 0.2) is 53.4 Å². The van der Waals surface area contributed by atoms with Gasteiger partial charge in [-0.05, 0) is 41.7 Å². The van der Waals surface area contributed by atoms with E-state index in [-0.39, 0.29) is 5.91 Å². The number of hydrogen-bond donors (Lipinski definition) is 0. The summed E-state index contributed by atoms with van der Waals surface area (Å²) in [6, 6.07) is 16.9. The molecule has 2 fully saturated rings. The van der Waals surface area contributed by atoms with Crippen molar-refractivity contribution in [3.8, 4) is 0 Å². The third-order valence-corrected chi connectivity index (χ3v) is 7.32. The van der Waals surface area contributed by atoms with Crippen LogP contribution in [0.4, 0.5) is 5.69 Å². The highest BCUT2D eigenvalue weighted by atomic mass is 32.2. The zero-order chi connectivity index (χ0) is 22.0. The highest BCUT2D eigenvalue weighted by molar-refractivity contribution is 8.26. The first-order valence-corrected chi connectivity index (χ1v) is 12.0. The molecule has 2 aromatic rings. The van der Waals surface area contributed by atoms with Gasteiger partial charge in [0.25, 0.3) is 5.91 Å².